The minimum atomic E-state index is -0.341. The van der Waals surface area contributed by atoms with Crippen LogP contribution in [0.15, 0.2) is 18.2 Å². The summed E-state index contributed by atoms with van der Waals surface area (Å²) in [6.07, 6.45) is 3.43. The first-order valence-electron chi connectivity index (χ1n) is 6.48. The number of benzene rings is 1. The van der Waals surface area contributed by atoms with Crippen molar-refractivity contribution in [3.63, 3.8) is 0 Å². The maximum absolute atomic E-state index is 11.6. The van der Waals surface area contributed by atoms with Crippen molar-refractivity contribution in [2.75, 3.05) is 0 Å². The number of para-hydroxylation sites is 1. The summed E-state index contributed by atoms with van der Waals surface area (Å²) in [7, 11) is 2.05. The summed E-state index contributed by atoms with van der Waals surface area (Å²) in [6, 6.07) is 5.86. The fraction of sp³-hybridized carbons (Fsp3) is 0.400. The van der Waals surface area contributed by atoms with Gasteiger partial charge >= 0.3 is 0 Å². The van der Waals surface area contributed by atoms with Crippen LogP contribution in [0.25, 0.3) is 10.9 Å². The molecule has 1 aromatic carbocycles. The van der Waals surface area contributed by atoms with Crippen molar-refractivity contribution >= 4 is 16.8 Å². The van der Waals surface area contributed by atoms with Crippen molar-refractivity contribution in [1.82, 2.24) is 4.57 Å². The Morgan fingerprint density at radius 2 is 2.22 bits per heavy atom. The molecule has 3 heteroatoms. The number of amides is 1. The molecule has 0 fully saturated rings. The Kier molecular flexibility index (Phi) is 2.44. The van der Waals surface area contributed by atoms with Gasteiger partial charge in [-0.15, -0.1) is 0 Å². The summed E-state index contributed by atoms with van der Waals surface area (Å²) in [5.74, 6) is 0.381. The Hall–Kier alpha value is -1.77. The van der Waals surface area contributed by atoms with Crippen LogP contribution < -0.4 is 5.73 Å². The van der Waals surface area contributed by atoms with Crippen LogP contribution in [0.3, 0.4) is 0 Å². The second kappa shape index (κ2) is 3.87. The highest BCUT2D eigenvalue weighted by Crippen LogP contribution is 2.34. The summed E-state index contributed by atoms with van der Waals surface area (Å²) < 4.78 is 2.16. The minimum Gasteiger partial charge on any atom is -0.366 e. The molecule has 0 aliphatic heterocycles. The molecule has 1 heterocycles. The van der Waals surface area contributed by atoms with Crippen molar-refractivity contribution in [2.45, 2.75) is 26.2 Å². The van der Waals surface area contributed by atoms with Crippen LogP contribution in [0.1, 0.15) is 35.0 Å². The Labute approximate surface area is 107 Å². The molecule has 94 valence electrons. The number of carbonyl (C=O) groups is 1. The normalized spacial score (nSPS) is 18.9. The third kappa shape index (κ3) is 1.47. The molecule has 3 nitrogen and oxygen atoms in total. The molecule has 1 aliphatic carbocycles. The number of hydrogen-bond acceptors (Lipinski definition) is 1. The number of aromatic nitrogens is 1. The second-order valence-electron chi connectivity index (χ2n) is 5.40. The second-order valence-corrected chi connectivity index (χ2v) is 5.40. The molecule has 2 N–H and O–H groups in total. The van der Waals surface area contributed by atoms with E-state index >= 15 is 0 Å². The Balaban J connectivity index is 2.36. The zero-order valence-electron chi connectivity index (χ0n) is 10.9. The summed E-state index contributed by atoms with van der Waals surface area (Å²) in [5.41, 5.74) is 9.91. The summed E-state index contributed by atoms with van der Waals surface area (Å²) >= 11 is 0. The van der Waals surface area contributed by atoms with E-state index in [0.717, 1.165) is 24.3 Å². The number of fused-ring (bicyclic) bond motifs is 3. The number of aryl methyl sites for hydroxylation is 1. The van der Waals surface area contributed by atoms with Crippen LogP contribution in [0, 0.1) is 5.92 Å². The molecule has 0 spiro atoms. The van der Waals surface area contributed by atoms with Crippen molar-refractivity contribution in [1.29, 1.82) is 0 Å². The van der Waals surface area contributed by atoms with E-state index in [1.54, 1.807) is 0 Å². The number of primary amides is 1. The lowest BCUT2D eigenvalue weighted by molar-refractivity contribution is 0.100. The first kappa shape index (κ1) is 11.3. The van der Waals surface area contributed by atoms with Gasteiger partial charge in [0.05, 0.1) is 11.1 Å². The van der Waals surface area contributed by atoms with Crippen molar-refractivity contribution in [3.05, 3.63) is 35.0 Å². The molecule has 3 rings (SSSR count). The number of nitrogens with zero attached hydrogens (tertiary/aromatic N) is 1. The lowest BCUT2D eigenvalue weighted by Gasteiger charge is -2.19. The molecule has 1 atom stereocenters. The van der Waals surface area contributed by atoms with Crippen molar-refractivity contribution < 1.29 is 4.79 Å². The quantitative estimate of drug-likeness (QED) is 0.820. The Morgan fingerprint density at radius 1 is 1.44 bits per heavy atom. The van der Waals surface area contributed by atoms with Gasteiger partial charge in [0.15, 0.2) is 0 Å². The molecule has 0 saturated carbocycles. The highest BCUT2D eigenvalue weighted by molar-refractivity contribution is 6.06. The van der Waals surface area contributed by atoms with Gasteiger partial charge in [0.1, 0.15) is 0 Å². The number of hydrogen-bond donors (Lipinski definition) is 1. The largest absolute Gasteiger partial charge is 0.366 e. The van der Waals surface area contributed by atoms with E-state index in [4.69, 9.17) is 5.73 Å². The standard InChI is InChI=1S/C15H18N2O/c1-9-6-7-13-12(8-9)10-4-3-5-11(15(16)18)14(10)17(13)2/h3-5,9H,6-8H2,1-2H3,(H2,16,18). The van der Waals surface area contributed by atoms with Crippen LogP contribution in [-0.2, 0) is 19.9 Å². The Bertz CT molecular complexity index is 639. The molecule has 0 radical (unpaired) electrons. The fourth-order valence-electron chi connectivity index (χ4n) is 3.22. The maximum Gasteiger partial charge on any atom is 0.250 e. The van der Waals surface area contributed by atoms with Gasteiger partial charge in [-0.05, 0) is 36.8 Å². The van der Waals surface area contributed by atoms with Gasteiger partial charge in [-0.3, -0.25) is 4.79 Å². The zero-order chi connectivity index (χ0) is 12.9. The van der Waals surface area contributed by atoms with Crippen LogP contribution in [0.4, 0.5) is 0 Å². The van der Waals surface area contributed by atoms with E-state index in [-0.39, 0.29) is 5.91 Å². The van der Waals surface area contributed by atoms with Gasteiger partial charge in [-0.2, -0.15) is 0 Å². The van der Waals surface area contributed by atoms with Gasteiger partial charge < -0.3 is 10.3 Å². The predicted octanol–water partition coefficient (Wildman–Crippen LogP) is 2.40. The lowest BCUT2D eigenvalue weighted by atomic mass is 9.87. The van der Waals surface area contributed by atoms with E-state index in [1.165, 1.54) is 23.1 Å². The van der Waals surface area contributed by atoms with Crippen LogP contribution in [0.5, 0.6) is 0 Å². The highest BCUT2D eigenvalue weighted by Gasteiger charge is 2.23. The monoisotopic (exact) mass is 242 g/mol. The zero-order valence-corrected chi connectivity index (χ0v) is 10.9. The molecule has 1 aliphatic rings. The number of nitrogens with two attached hydrogens (primary N) is 1. The molecule has 0 saturated heterocycles. The molecule has 1 amide bonds. The van der Waals surface area contributed by atoms with Gasteiger partial charge in [0, 0.05) is 18.1 Å². The van der Waals surface area contributed by atoms with E-state index in [1.807, 2.05) is 19.2 Å². The molecular weight excluding hydrogens is 224 g/mol. The fourth-order valence-corrected chi connectivity index (χ4v) is 3.22. The van der Waals surface area contributed by atoms with Gasteiger partial charge in [-0.1, -0.05) is 19.1 Å². The average Bonchev–Trinajstić information content (AvgIpc) is 2.63. The molecule has 1 unspecified atom stereocenters. The van der Waals surface area contributed by atoms with E-state index in [2.05, 4.69) is 17.6 Å². The molecule has 2 aromatic rings. The smallest absolute Gasteiger partial charge is 0.250 e. The highest BCUT2D eigenvalue weighted by atomic mass is 16.1. The van der Waals surface area contributed by atoms with Crippen LogP contribution >= 0.6 is 0 Å². The third-order valence-corrected chi connectivity index (χ3v) is 4.14. The summed E-state index contributed by atoms with van der Waals surface area (Å²) in [4.78, 5) is 11.6. The molecule has 1 aromatic heterocycles. The van der Waals surface area contributed by atoms with E-state index < -0.39 is 0 Å². The maximum atomic E-state index is 11.6. The minimum absolute atomic E-state index is 0.341. The third-order valence-electron chi connectivity index (χ3n) is 4.14. The van der Waals surface area contributed by atoms with E-state index in [0.29, 0.717) is 5.56 Å². The van der Waals surface area contributed by atoms with Crippen LogP contribution in [-0.4, -0.2) is 10.5 Å². The van der Waals surface area contributed by atoms with Gasteiger partial charge in [-0.25, -0.2) is 0 Å². The van der Waals surface area contributed by atoms with Crippen molar-refractivity contribution in [3.8, 4) is 0 Å². The SMILES string of the molecule is CC1CCc2c(c3cccc(C(N)=O)c3n2C)C1. The lowest BCUT2D eigenvalue weighted by Crippen LogP contribution is -2.13. The predicted molar refractivity (Wildman–Crippen MR) is 72.6 cm³/mol. The van der Waals surface area contributed by atoms with Crippen LogP contribution in [0.2, 0.25) is 0 Å². The first-order chi connectivity index (χ1) is 8.59. The topological polar surface area (TPSA) is 48.0 Å². The molecule has 18 heavy (non-hydrogen) atoms. The van der Waals surface area contributed by atoms with Gasteiger partial charge in [0.2, 0.25) is 0 Å². The molecular formula is C15H18N2O. The summed E-state index contributed by atoms with van der Waals surface area (Å²) in [6.45, 7) is 2.29. The average molecular weight is 242 g/mol. The Morgan fingerprint density at radius 3 is 2.94 bits per heavy atom. The number of carbonyl (C=O) groups excluding carboxylic acids is 1. The summed E-state index contributed by atoms with van der Waals surface area (Å²) in [5, 5.41) is 1.20. The van der Waals surface area contributed by atoms with Crippen molar-refractivity contribution in [2.24, 2.45) is 18.7 Å². The first-order valence-corrected chi connectivity index (χ1v) is 6.48. The number of rotatable bonds is 1. The molecule has 0 bridgehead atoms. The van der Waals surface area contributed by atoms with E-state index in [9.17, 15) is 4.79 Å². The van der Waals surface area contributed by atoms with Gasteiger partial charge in [0.25, 0.3) is 5.91 Å².